The second-order valence-electron chi connectivity index (χ2n) is 1.39. The minimum absolute atomic E-state index is 0.232. The fourth-order valence-corrected chi connectivity index (χ4v) is 0.360. The van der Waals surface area contributed by atoms with E-state index in [2.05, 4.69) is 5.32 Å². The molecule has 0 aliphatic heterocycles. The summed E-state index contributed by atoms with van der Waals surface area (Å²) >= 11 is 0. The van der Waals surface area contributed by atoms with E-state index < -0.39 is 0 Å². The Labute approximate surface area is 53.7 Å². The van der Waals surface area contributed by atoms with Gasteiger partial charge in [0.1, 0.15) is 6.29 Å². The van der Waals surface area contributed by atoms with Crippen LogP contribution in [0, 0.1) is 0 Å². The van der Waals surface area contributed by atoms with Crippen LogP contribution in [0.15, 0.2) is 12.2 Å². The van der Waals surface area contributed by atoms with E-state index in [9.17, 15) is 9.59 Å². The molecule has 0 fully saturated rings. The molecular weight excluding hydrogens is 118 g/mol. The topological polar surface area (TPSA) is 46.2 Å². The molecule has 0 saturated carbocycles. The molecule has 0 bridgehead atoms. The number of hydrogen-bond acceptors (Lipinski definition) is 2. The molecule has 0 rings (SSSR count). The van der Waals surface area contributed by atoms with Crippen molar-refractivity contribution < 1.29 is 9.59 Å². The first kappa shape index (κ1) is 7.88. The SMILES string of the molecule is CCNC(=O)C=CC=O. The summed E-state index contributed by atoms with van der Waals surface area (Å²) in [5, 5.41) is 2.50. The van der Waals surface area contributed by atoms with Crippen LogP contribution >= 0.6 is 0 Å². The van der Waals surface area contributed by atoms with Gasteiger partial charge in [-0.3, -0.25) is 9.59 Å². The van der Waals surface area contributed by atoms with Gasteiger partial charge in [-0.05, 0) is 13.0 Å². The molecule has 0 saturated heterocycles. The zero-order valence-corrected chi connectivity index (χ0v) is 5.26. The predicted octanol–water partition coefficient (Wildman–Crippen LogP) is -0.122. The number of amides is 1. The molecule has 0 unspecified atom stereocenters. The van der Waals surface area contributed by atoms with Gasteiger partial charge < -0.3 is 5.32 Å². The quantitative estimate of drug-likeness (QED) is 0.424. The van der Waals surface area contributed by atoms with Crippen molar-refractivity contribution in [3.63, 3.8) is 0 Å². The Balaban J connectivity index is 3.49. The van der Waals surface area contributed by atoms with Crippen LogP contribution in [0.5, 0.6) is 0 Å². The normalized spacial score (nSPS) is 9.44. The van der Waals surface area contributed by atoms with Crippen LogP contribution in [0.3, 0.4) is 0 Å². The Morgan fingerprint density at radius 1 is 1.67 bits per heavy atom. The van der Waals surface area contributed by atoms with Crippen LogP contribution in [0.1, 0.15) is 6.92 Å². The van der Waals surface area contributed by atoms with E-state index in [0.29, 0.717) is 12.8 Å². The van der Waals surface area contributed by atoms with Gasteiger partial charge in [-0.25, -0.2) is 0 Å². The van der Waals surface area contributed by atoms with E-state index in [1.807, 2.05) is 6.92 Å². The zero-order chi connectivity index (χ0) is 7.11. The first-order valence-electron chi connectivity index (χ1n) is 2.71. The smallest absolute Gasteiger partial charge is 0.244 e. The monoisotopic (exact) mass is 127 g/mol. The Kier molecular flexibility index (Phi) is 4.40. The molecule has 0 aliphatic rings. The lowest BCUT2D eigenvalue weighted by atomic mass is 10.5. The molecule has 0 atom stereocenters. The van der Waals surface area contributed by atoms with Gasteiger partial charge in [0, 0.05) is 12.6 Å². The Bertz CT molecular complexity index is 129. The summed E-state index contributed by atoms with van der Waals surface area (Å²) in [6.45, 7) is 2.40. The van der Waals surface area contributed by atoms with Crippen LogP contribution in [-0.4, -0.2) is 18.7 Å². The van der Waals surface area contributed by atoms with E-state index in [0.717, 1.165) is 6.08 Å². The lowest BCUT2D eigenvalue weighted by Crippen LogP contribution is -2.19. The molecule has 0 aromatic carbocycles. The van der Waals surface area contributed by atoms with Crippen LogP contribution in [0.25, 0.3) is 0 Å². The highest BCUT2D eigenvalue weighted by atomic mass is 16.1. The molecule has 0 heterocycles. The number of hydrogen-bond donors (Lipinski definition) is 1. The molecule has 0 spiro atoms. The molecule has 0 aromatic heterocycles. The standard InChI is InChI=1S/C6H9NO2/c1-2-7-6(9)4-3-5-8/h3-5H,2H2,1H3,(H,7,9). The van der Waals surface area contributed by atoms with Gasteiger partial charge in [0.25, 0.3) is 0 Å². The van der Waals surface area contributed by atoms with E-state index >= 15 is 0 Å². The maximum absolute atomic E-state index is 10.4. The van der Waals surface area contributed by atoms with Crippen molar-refractivity contribution in [2.24, 2.45) is 0 Å². The highest BCUT2D eigenvalue weighted by Gasteiger charge is 1.86. The summed E-state index contributed by atoms with van der Waals surface area (Å²) in [5.41, 5.74) is 0. The molecule has 3 heteroatoms. The van der Waals surface area contributed by atoms with Crippen LogP contribution in [0.4, 0.5) is 0 Å². The average molecular weight is 127 g/mol. The number of aldehydes is 1. The van der Waals surface area contributed by atoms with Gasteiger partial charge in [-0.2, -0.15) is 0 Å². The molecule has 0 radical (unpaired) electrons. The summed E-state index contributed by atoms with van der Waals surface area (Å²) in [4.78, 5) is 20.1. The summed E-state index contributed by atoms with van der Waals surface area (Å²) in [5.74, 6) is -0.232. The minimum atomic E-state index is -0.232. The summed E-state index contributed by atoms with van der Waals surface area (Å²) in [7, 11) is 0. The third kappa shape index (κ3) is 4.74. The van der Waals surface area contributed by atoms with Crippen molar-refractivity contribution in [1.29, 1.82) is 0 Å². The first-order valence-corrected chi connectivity index (χ1v) is 2.71. The largest absolute Gasteiger partial charge is 0.353 e. The first-order chi connectivity index (χ1) is 4.31. The zero-order valence-electron chi connectivity index (χ0n) is 5.26. The molecule has 50 valence electrons. The van der Waals surface area contributed by atoms with E-state index in [4.69, 9.17) is 0 Å². The van der Waals surface area contributed by atoms with Gasteiger partial charge in [-0.15, -0.1) is 0 Å². The molecule has 9 heavy (non-hydrogen) atoms. The lowest BCUT2D eigenvalue weighted by Gasteiger charge is -1.91. The average Bonchev–Trinajstić information content (AvgIpc) is 1.85. The van der Waals surface area contributed by atoms with Gasteiger partial charge in [0.2, 0.25) is 5.91 Å². The lowest BCUT2D eigenvalue weighted by molar-refractivity contribution is -0.116. The Hall–Kier alpha value is -1.12. The maximum atomic E-state index is 10.4. The van der Waals surface area contributed by atoms with Gasteiger partial charge in [0.15, 0.2) is 0 Å². The number of allylic oxidation sites excluding steroid dienone is 1. The van der Waals surface area contributed by atoms with Crippen molar-refractivity contribution in [2.75, 3.05) is 6.54 Å². The van der Waals surface area contributed by atoms with Crippen molar-refractivity contribution in [1.82, 2.24) is 5.32 Å². The molecule has 3 nitrogen and oxygen atoms in total. The van der Waals surface area contributed by atoms with E-state index in [1.54, 1.807) is 0 Å². The Morgan fingerprint density at radius 3 is 2.78 bits per heavy atom. The van der Waals surface area contributed by atoms with Crippen molar-refractivity contribution in [3.8, 4) is 0 Å². The third-order valence-electron chi connectivity index (χ3n) is 0.677. The number of carbonyl (C=O) groups is 2. The molecule has 1 N–H and O–H groups in total. The fraction of sp³-hybridized carbons (Fsp3) is 0.333. The minimum Gasteiger partial charge on any atom is -0.353 e. The van der Waals surface area contributed by atoms with Crippen LogP contribution in [0.2, 0.25) is 0 Å². The van der Waals surface area contributed by atoms with Crippen LogP contribution < -0.4 is 5.32 Å². The van der Waals surface area contributed by atoms with Crippen molar-refractivity contribution in [3.05, 3.63) is 12.2 Å². The number of carbonyl (C=O) groups excluding carboxylic acids is 2. The van der Waals surface area contributed by atoms with E-state index in [-0.39, 0.29) is 5.91 Å². The summed E-state index contributed by atoms with van der Waals surface area (Å²) in [6.07, 6.45) is 2.91. The molecule has 0 aromatic rings. The highest BCUT2D eigenvalue weighted by Crippen LogP contribution is 1.67. The second-order valence-corrected chi connectivity index (χ2v) is 1.39. The van der Waals surface area contributed by atoms with Crippen molar-refractivity contribution in [2.45, 2.75) is 6.92 Å². The summed E-state index contributed by atoms with van der Waals surface area (Å²) < 4.78 is 0. The molecule has 1 amide bonds. The van der Waals surface area contributed by atoms with Gasteiger partial charge in [-0.1, -0.05) is 0 Å². The summed E-state index contributed by atoms with van der Waals surface area (Å²) in [6, 6.07) is 0. The van der Waals surface area contributed by atoms with Gasteiger partial charge in [0.05, 0.1) is 0 Å². The van der Waals surface area contributed by atoms with Crippen LogP contribution in [-0.2, 0) is 9.59 Å². The number of likely N-dealkylation sites (N-methyl/N-ethyl adjacent to an activating group) is 1. The molecule has 0 aliphatic carbocycles. The molecular formula is C6H9NO2. The predicted molar refractivity (Wildman–Crippen MR) is 33.9 cm³/mol. The van der Waals surface area contributed by atoms with E-state index in [1.165, 1.54) is 6.08 Å². The van der Waals surface area contributed by atoms with Crippen molar-refractivity contribution >= 4 is 12.2 Å². The van der Waals surface area contributed by atoms with Gasteiger partial charge >= 0.3 is 0 Å². The highest BCUT2D eigenvalue weighted by molar-refractivity contribution is 5.90. The maximum Gasteiger partial charge on any atom is 0.244 e. The number of nitrogens with one attached hydrogen (secondary N) is 1. The fourth-order valence-electron chi connectivity index (χ4n) is 0.360. The Morgan fingerprint density at radius 2 is 2.33 bits per heavy atom. The third-order valence-corrected chi connectivity index (χ3v) is 0.677. The number of rotatable bonds is 3. The second kappa shape index (κ2) is 5.03.